The molecule has 1 N–H and O–H groups in total. The van der Waals surface area contributed by atoms with Crippen LogP contribution in [0.3, 0.4) is 0 Å². The van der Waals surface area contributed by atoms with Crippen molar-refractivity contribution >= 4 is 0 Å². The second kappa shape index (κ2) is 8.16. The number of hydrogen-bond acceptors (Lipinski definition) is 2. The van der Waals surface area contributed by atoms with Crippen LogP contribution in [-0.4, -0.2) is 34.7 Å². The van der Waals surface area contributed by atoms with Crippen LogP contribution < -0.4 is 0 Å². The summed E-state index contributed by atoms with van der Waals surface area (Å²) in [5, 5.41) is 10.3. The van der Waals surface area contributed by atoms with Gasteiger partial charge in [0.05, 0.1) is 6.10 Å². The maximum absolute atomic E-state index is 10.3. The molecule has 0 radical (unpaired) electrons. The highest BCUT2D eigenvalue weighted by Gasteiger charge is 2.33. The summed E-state index contributed by atoms with van der Waals surface area (Å²) in [4.78, 5) is 2.56. The standard InChI is InChI=1S/C16H33NO/c1-5-7-8-11-17(13(3)4)15-12-14(6-2)9-10-16(15)18/h13-16,18H,5-12H2,1-4H3. The van der Waals surface area contributed by atoms with Gasteiger partial charge in [-0.05, 0) is 52.0 Å². The Bertz CT molecular complexity index is 217. The van der Waals surface area contributed by atoms with Gasteiger partial charge < -0.3 is 5.11 Å². The van der Waals surface area contributed by atoms with Crippen LogP contribution in [0.1, 0.15) is 72.6 Å². The van der Waals surface area contributed by atoms with Crippen LogP contribution >= 0.6 is 0 Å². The Morgan fingerprint density at radius 1 is 1.17 bits per heavy atom. The van der Waals surface area contributed by atoms with Crippen molar-refractivity contribution < 1.29 is 5.11 Å². The van der Waals surface area contributed by atoms with Gasteiger partial charge in [-0.25, -0.2) is 0 Å². The van der Waals surface area contributed by atoms with Gasteiger partial charge in [0.15, 0.2) is 0 Å². The Kier molecular flexibility index (Phi) is 7.25. The molecule has 0 aliphatic heterocycles. The van der Waals surface area contributed by atoms with E-state index in [0.29, 0.717) is 12.1 Å². The predicted molar refractivity (Wildman–Crippen MR) is 78.8 cm³/mol. The minimum atomic E-state index is -0.100. The highest BCUT2D eigenvalue weighted by Crippen LogP contribution is 2.31. The van der Waals surface area contributed by atoms with Crippen LogP contribution in [0, 0.1) is 5.92 Å². The second-order valence-electron chi connectivity index (χ2n) is 6.26. The first-order valence-corrected chi connectivity index (χ1v) is 8.03. The SMILES string of the molecule is CCCCCN(C(C)C)C1CC(CC)CCC1O. The van der Waals surface area contributed by atoms with Gasteiger partial charge in [0.25, 0.3) is 0 Å². The molecule has 1 rings (SSSR count). The van der Waals surface area contributed by atoms with E-state index in [4.69, 9.17) is 0 Å². The summed E-state index contributed by atoms with van der Waals surface area (Å²) in [6, 6.07) is 0.956. The molecule has 0 spiro atoms. The molecular formula is C16H33NO. The molecule has 0 aromatic carbocycles. The Labute approximate surface area is 114 Å². The van der Waals surface area contributed by atoms with E-state index in [0.717, 1.165) is 18.9 Å². The van der Waals surface area contributed by atoms with E-state index in [-0.39, 0.29) is 6.10 Å². The lowest BCUT2D eigenvalue weighted by molar-refractivity contribution is -0.0118. The van der Waals surface area contributed by atoms with E-state index in [2.05, 4.69) is 32.6 Å². The summed E-state index contributed by atoms with van der Waals surface area (Å²) in [5.41, 5.74) is 0. The molecule has 0 aromatic heterocycles. The molecule has 3 atom stereocenters. The van der Waals surface area contributed by atoms with E-state index in [1.807, 2.05) is 0 Å². The third-order valence-electron chi connectivity index (χ3n) is 4.58. The van der Waals surface area contributed by atoms with Gasteiger partial charge in [0, 0.05) is 12.1 Å². The topological polar surface area (TPSA) is 23.5 Å². The fourth-order valence-corrected chi connectivity index (χ4v) is 3.29. The van der Waals surface area contributed by atoms with Crippen molar-refractivity contribution in [3.8, 4) is 0 Å². The highest BCUT2D eigenvalue weighted by molar-refractivity contribution is 4.87. The average molecular weight is 255 g/mol. The molecule has 0 saturated heterocycles. The van der Waals surface area contributed by atoms with Gasteiger partial charge in [-0.2, -0.15) is 0 Å². The lowest BCUT2D eigenvalue weighted by Crippen LogP contribution is -2.50. The Balaban J connectivity index is 2.58. The minimum Gasteiger partial charge on any atom is -0.391 e. The molecule has 1 aliphatic rings. The van der Waals surface area contributed by atoms with Gasteiger partial charge in [0.1, 0.15) is 0 Å². The molecule has 0 heterocycles. The molecular weight excluding hydrogens is 222 g/mol. The Morgan fingerprint density at radius 2 is 1.89 bits per heavy atom. The summed E-state index contributed by atoms with van der Waals surface area (Å²) < 4.78 is 0. The Hall–Kier alpha value is -0.0800. The normalized spacial score (nSPS) is 29.2. The Morgan fingerprint density at radius 3 is 2.44 bits per heavy atom. The zero-order chi connectivity index (χ0) is 13.5. The van der Waals surface area contributed by atoms with Crippen molar-refractivity contribution in [3.63, 3.8) is 0 Å². The van der Waals surface area contributed by atoms with Crippen molar-refractivity contribution in [2.24, 2.45) is 5.92 Å². The molecule has 0 bridgehead atoms. The first kappa shape index (κ1) is 16.0. The molecule has 18 heavy (non-hydrogen) atoms. The van der Waals surface area contributed by atoms with Crippen LogP contribution in [-0.2, 0) is 0 Å². The van der Waals surface area contributed by atoms with E-state index in [9.17, 15) is 5.11 Å². The summed E-state index contributed by atoms with van der Waals surface area (Å²) in [7, 11) is 0. The minimum absolute atomic E-state index is 0.100. The second-order valence-corrected chi connectivity index (χ2v) is 6.26. The number of aliphatic hydroxyl groups is 1. The summed E-state index contributed by atoms with van der Waals surface area (Å²) in [6.07, 6.45) is 8.44. The van der Waals surface area contributed by atoms with Crippen LogP contribution in [0.5, 0.6) is 0 Å². The van der Waals surface area contributed by atoms with Crippen molar-refractivity contribution in [3.05, 3.63) is 0 Å². The van der Waals surface area contributed by atoms with Gasteiger partial charge in [-0.3, -0.25) is 4.90 Å². The number of aliphatic hydroxyl groups excluding tert-OH is 1. The zero-order valence-corrected chi connectivity index (χ0v) is 12.9. The largest absolute Gasteiger partial charge is 0.391 e. The maximum Gasteiger partial charge on any atom is 0.0695 e. The first-order chi connectivity index (χ1) is 8.60. The maximum atomic E-state index is 10.3. The molecule has 1 fully saturated rings. The van der Waals surface area contributed by atoms with Crippen LogP contribution in [0.15, 0.2) is 0 Å². The lowest BCUT2D eigenvalue weighted by atomic mass is 9.81. The number of rotatable bonds is 7. The first-order valence-electron chi connectivity index (χ1n) is 8.03. The van der Waals surface area contributed by atoms with Crippen LogP contribution in [0.2, 0.25) is 0 Å². The van der Waals surface area contributed by atoms with Crippen molar-refractivity contribution in [2.45, 2.75) is 90.8 Å². The van der Waals surface area contributed by atoms with Crippen molar-refractivity contribution in [1.29, 1.82) is 0 Å². The van der Waals surface area contributed by atoms with Crippen LogP contribution in [0.4, 0.5) is 0 Å². The van der Waals surface area contributed by atoms with E-state index in [1.54, 1.807) is 0 Å². The fraction of sp³-hybridized carbons (Fsp3) is 1.00. The smallest absolute Gasteiger partial charge is 0.0695 e. The quantitative estimate of drug-likeness (QED) is 0.699. The van der Waals surface area contributed by atoms with Gasteiger partial charge in [-0.15, -0.1) is 0 Å². The van der Waals surface area contributed by atoms with Gasteiger partial charge in [-0.1, -0.05) is 33.1 Å². The molecule has 108 valence electrons. The zero-order valence-electron chi connectivity index (χ0n) is 12.9. The molecule has 2 heteroatoms. The fourth-order valence-electron chi connectivity index (χ4n) is 3.29. The molecule has 1 saturated carbocycles. The molecule has 0 aromatic rings. The molecule has 2 nitrogen and oxygen atoms in total. The third kappa shape index (κ3) is 4.55. The van der Waals surface area contributed by atoms with E-state index >= 15 is 0 Å². The molecule has 0 amide bonds. The van der Waals surface area contributed by atoms with E-state index < -0.39 is 0 Å². The van der Waals surface area contributed by atoms with Gasteiger partial charge in [0.2, 0.25) is 0 Å². The molecule has 1 aliphatic carbocycles. The van der Waals surface area contributed by atoms with Crippen molar-refractivity contribution in [2.75, 3.05) is 6.54 Å². The number of unbranched alkanes of at least 4 members (excludes halogenated alkanes) is 2. The van der Waals surface area contributed by atoms with Crippen molar-refractivity contribution in [1.82, 2.24) is 4.90 Å². The summed E-state index contributed by atoms with van der Waals surface area (Å²) in [6.45, 7) is 10.2. The summed E-state index contributed by atoms with van der Waals surface area (Å²) in [5.74, 6) is 0.825. The number of hydrogen-bond donors (Lipinski definition) is 1. The third-order valence-corrected chi connectivity index (χ3v) is 4.58. The lowest BCUT2D eigenvalue weighted by Gasteiger charge is -2.42. The summed E-state index contributed by atoms with van der Waals surface area (Å²) >= 11 is 0. The average Bonchev–Trinajstić information content (AvgIpc) is 2.35. The number of nitrogens with zero attached hydrogens (tertiary/aromatic N) is 1. The highest BCUT2D eigenvalue weighted by atomic mass is 16.3. The van der Waals surface area contributed by atoms with E-state index in [1.165, 1.54) is 38.5 Å². The van der Waals surface area contributed by atoms with Gasteiger partial charge >= 0.3 is 0 Å². The molecule has 3 unspecified atom stereocenters. The monoisotopic (exact) mass is 255 g/mol. The van der Waals surface area contributed by atoms with Crippen LogP contribution in [0.25, 0.3) is 0 Å². The predicted octanol–water partition coefficient (Wildman–Crippen LogP) is 3.83.